The van der Waals surface area contributed by atoms with Gasteiger partial charge in [0.25, 0.3) is 0 Å². The molecule has 0 atom stereocenters. The first kappa shape index (κ1) is 21.8. The third kappa shape index (κ3) is 4.55. The summed E-state index contributed by atoms with van der Waals surface area (Å²) in [5.74, 6) is 0. The van der Waals surface area contributed by atoms with E-state index in [1.165, 1.54) is 27.7 Å². The first-order valence-electron chi connectivity index (χ1n) is 10.9. The Morgan fingerprint density at radius 1 is 0.485 bits per heavy atom. The molecule has 0 nitrogen and oxygen atoms in total. The molecule has 158 valence electrons. The van der Waals surface area contributed by atoms with E-state index in [9.17, 15) is 0 Å². The van der Waals surface area contributed by atoms with Crippen molar-refractivity contribution in [2.75, 3.05) is 0 Å². The van der Waals surface area contributed by atoms with E-state index in [1.807, 2.05) is 24.3 Å². The Balaban J connectivity index is 1.74. The zero-order valence-corrected chi connectivity index (χ0v) is 20.6. The number of hydrogen-bond acceptors (Lipinski definition) is 0. The second-order valence-electron chi connectivity index (χ2n) is 8.15. The zero-order valence-electron chi connectivity index (χ0n) is 18.2. The molecule has 0 saturated heterocycles. The highest BCUT2D eigenvalue weighted by atomic mass is 79.9. The van der Waals surface area contributed by atoms with Crippen LogP contribution < -0.4 is 5.46 Å². The van der Waals surface area contributed by atoms with Crippen molar-refractivity contribution in [1.29, 1.82) is 0 Å². The highest BCUT2D eigenvalue weighted by molar-refractivity contribution is 9.10. The van der Waals surface area contributed by atoms with Crippen LogP contribution in [0.4, 0.5) is 0 Å². The van der Waals surface area contributed by atoms with Crippen LogP contribution in [0.15, 0.2) is 120 Å². The molecule has 0 aliphatic rings. The predicted molar refractivity (Wildman–Crippen MR) is 149 cm³/mol. The Labute approximate surface area is 209 Å². The maximum atomic E-state index is 6.61. The lowest BCUT2D eigenvalue weighted by Crippen LogP contribution is -2.05. The molecule has 0 aliphatic heterocycles. The molecular formula is C30H21BBrCl. The summed E-state index contributed by atoms with van der Waals surface area (Å²) < 4.78 is 1.06. The molecule has 0 amide bonds. The summed E-state index contributed by atoms with van der Waals surface area (Å²) in [6, 6.07) is 40.3. The monoisotopic (exact) mass is 506 g/mol. The van der Waals surface area contributed by atoms with Gasteiger partial charge < -0.3 is 0 Å². The van der Waals surface area contributed by atoms with E-state index in [1.54, 1.807) is 0 Å². The third-order valence-electron chi connectivity index (χ3n) is 5.96. The van der Waals surface area contributed by atoms with Crippen molar-refractivity contribution in [2.24, 2.45) is 0 Å². The van der Waals surface area contributed by atoms with Gasteiger partial charge in [-0.05, 0) is 75.3 Å². The molecule has 0 aliphatic carbocycles. The van der Waals surface area contributed by atoms with Crippen LogP contribution in [-0.4, -0.2) is 7.85 Å². The van der Waals surface area contributed by atoms with Gasteiger partial charge in [-0.3, -0.25) is 0 Å². The third-order valence-corrected chi connectivity index (χ3v) is 6.98. The standard InChI is InChI=1S/C30H21BBrCl/c31-28-12-6-4-10-25(28)22-16-23(26-11-5-7-13-30(26)33)18-24(17-22)27-19-21(14-15-29(27)32)20-8-2-1-3-9-20/h1-19H,31H2. The molecule has 0 saturated carbocycles. The number of halogens is 2. The van der Waals surface area contributed by atoms with Gasteiger partial charge in [-0.1, -0.05) is 112 Å². The van der Waals surface area contributed by atoms with Gasteiger partial charge in [0, 0.05) is 15.1 Å². The summed E-state index contributed by atoms with van der Waals surface area (Å²) in [4.78, 5) is 0. The molecular weight excluding hydrogens is 486 g/mol. The van der Waals surface area contributed by atoms with Crippen LogP contribution in [0, 0.1) is 0 Å². The summed E-state index contributed by atoms with van der Waals surface area (Å²) in [6.45, 7) is 0. The summed E-state index contributed by atoms with van der Waals surface area (Å²) in [6.07, 6.45) is 0. The van der Waals surface area contributed by atoms with Crippen LogP contribution in [0.3, 0.4) is 0 Å². The fourth-order valence-corrected chi connectivity index (χ4v) is 4.96. The van der Waals surface area contributed by atoms with Gasteiger partial charge >= 0.3 is 0 Å². The molecule has 0 spiro atoms. The van der Waals surface area contributed by atoms with E-state index in [0.29, 0.717) is 0 Å². The van der Waals surface area contributed by atoms with Crippen molar-refractivity contribution in [3.8, 4) is 44.5 Å². The van der Waals surface area contributed by atoms with Gasteiger partial charge in [0.2, 0.25) is 0 Å². The molecule has 3 heteroatoms. The van der Waals surface area contributed by atoms with E-state index in [0.717, 1.165) is 31.7 Å². The lowest BCUT2D eigenvalue weighted by atomic mass is 9.85. The van der Waals surface area contributed by atoms with Crippen LogP contribution in [0.25, 0.3) is 44.5 Å². The molecule has 0 aromatic heterocycles. The van der Waals surface area contributed by atoms with Crippen LogP contribution in [0.2, 0.25) is 5.02 Å². The van der Waals surface area contributed by atoms with Gasteiger partial charge in [-0.2, -0.15) is 0 Å². The number of benzene rings is 5. The molecule has 33 heavy (non-hydrogen) atoms. The van der Waals surface area contributed by atoms with E-state index < -0.39 is 0 Å². The van der Waals surface area contributed by atoms with Crippen LogP contribution >= 0.6 is 27.5 Å². The molecule has 5 aromatic rings. The van der Waals surface area contributed by atoms with Crippen molar-refractivity contribution in [3.63, 3.8) is 0 Å². The normalized spacial score (nSPS) is 10.8. The fourth-order valence-electron chi connectivity index (χ4n) is 4.24. The quantitative estimate of drug-likeness (QED) is 0.216. The van der Waals surface area contributed by atoms with E-state index >= 15 is 0 Å². The second kappa shape index (κ2) is 9.43. The summed E-state index contributed by atoms with van der Waals surface area (Å²) in [5, 5.41) is 0.752. The van der Waals surface area contributed by atoms with E-state index in [4.69, 9.17) is 11.6 Å². The van der Waals surface area contributed by atoms with Gasteiger partial charge in [-0.15, -0.1) is 0 Å². The average molecular weight is 508 g/mol. The highest BCUT2D eigenvalue weighted by Gasteiger charge is 2.13. The molecule has 0 bridgehead atoms. The Kier molecular flexibility index (Phi) is 6.22. The zero-order chi connectivity index (χ0) is 22.8. The second-order valence-corrected chi connectivity index (χ2v) is 9.42. The molecule has 0 radical (unpaired) electrons. The largest absolute Gasteiger partial charge is 0.140 e. The topological polar surface area (TPSA) is 0 Å². The van der Waals surface area contributed by atoms with E-state index in [-0.39, 0.29) is 0 Å². The summed E-state index contributed by atoms with van der Waals surface area (Å²) in [5.41, 5.74) is 10.5. The molecule has 0 unspecified atom stereocenters. The molecule has 0 heterocycles. The van der Waals surface area contributed by atoms with Gasteiger partial charge in [0.05, 0.1) is 0 Å². The van der Waals surface area contributed by atoms with Crippen molar-refractivity contribution >= 4 is 40.8 Å². The van der Waals surface area contributed by atoms with Crippen molar-refractivity contribution in [1.82, 2.24) is 0 Å². The number of rotatable bonds is 4. The molecule has 5 aromatic carbocycles. The molecule has 0 fully saturated rings. The van der Waals surface area contributed by atoms with Gasteiger partial charge in [-0.25, -0.2) is 0 Å². The number of hydrogen-bond donors (Lipinski definition) is 0. The maximum Gasteiger partial charge on any atom is 0.140 e. The fraction of sp³-hybridized carbons (Fsp3) is 0. The van der Waals surface area contributed by atoms with Crippen molar-refractivity contribution in [3.05, 3.63) is 125 Å². The Morgan fingerprint density at radius 2 is 1.06 bits per heavy atom. The lowest BCUT2D eigenvalue weighted by molar-refractivity contribution is 1.54. The SMILES string of the molecule is Bc1ccccc1-c1cc(-c2ccccc2Cl)cc(-c2cc(-c3ccccc3)ccc2Br)c1. The van der Waals surface area contributed by atoms with Crippen LogP contribution in [0.5, 0.6) is 0 Å². The van der Waals surface area contributed by atoms with E-state index in [2.05, 4.69) is 115 Å². The van der Waals surface area contributed by atoms with Crippen molar-refractivity contribution < 1.29 is 0 Å². The predicted octanol–water partition coefficient (Wildman–Crippen LogP) is 8.03. The first-order chi connectivity index (χ1) is 16.1. The lowest BCUT2D eigenvalue weighted by Gasteiger charge is -2.15. The molecule has 5 rings (SSSR count). The van der Waals surface area contributed by atoms with Gasteiger partial charge in [0.1, 0.15) is 7.85 Å². The smallest absolute Gasteiger partial charge is 0.0837 e. The summed E-state index contributed by atoms with van der Waals surface area (Å²) >= 11 is 10.4. The van der Waals surface area contributed by atoms with Crippen molar-refractivity contribution in [2.45, 2.75) is 0 Å². The minimum absolute atomic E-state index is 0.752. The minimum Gasteiger partial charge on any atom is -0.0837 e. The maximum absolute atomic E-state index is 6.61. The Bertz CT molecular complexity index is 1380. The minimum atomic E-state index is 0.752. The van der Waals surface area contributed by atoms with Gasteiger partial charge in [0.15, 0.2) is 0 Å². The summed E-state index contributed by atoms with van der Waals surface area (Å²) in [7, 11) is 2.16. The Morgan fingerprint density at radius 3 is 1.76 bits per heavy atom. The van der Waals surface area contributed by atoms with Crippen LogP contribution in [0.1, 0.15) is 0 Å². The first-order valence-corrected chi connectivity index (χ1v) is 12.1. The highest BCUT2D eigenvalue weighted by Crippen LogP contribution is 2.38. The molecule has 0 N–H and O–H groups in total. The van der Waals surface area contributed by atoms with Crippen LogP contribution in [-0.2, 0) is 0 Å². The average Bonchev–Trinajstić information content (AvgIpc) is 2.85. The Hall–Kier alpha value is -3.07.